The van der Waals surface area contributed by atoms with E-state index >= 15 is 0 Å². The number of aliphatic hydroxyl groups excluding tert-OH is 1. The summed E-state index contributed by atoms with van der Waals surface area (Å²) in [6, 6.07) is 0. The third kappa shape index (κ3) is 4.43. The molecule has 1 saturated heterocycles. The molecule has 4 aliphatic rings. The van der Waals surface area contributed by atoms with Gasteiger partial charge in [0, 0.05) is 6.42 Å². The second-order valence-electron chi connectivity index (χ2n) is 11.2. The molecule has 0 unspecified atom stereocenters. The Morgan fingerprint density at radius 2 is 2.00 bits per heavy atom. The first-order chi connectivity index (χ1) is 14.6. The lowest BCUT2D eigenvalue weighted by Crippen LogP contribution is -2.36. The molecule has 4 heteroatoms. The smallest absolute Gasteiger partial charge is 0.338 e. The van der Waals surface area contributed by atoms with Crippen molar-refractivity contribution in [2.75, 3.05) is 0 Å². The van der Waals surface area contributed by atoms with Gasteiger partial charge in [0.15, 0.2) is 5.60 Å². The molecule has 3 saturated carbocycles. The van der Waals surface area contributed by atoms with Crippen LogP contribution in [0.3, 0.4) is 0 Å². The highest BCUT2D eigenvalue weighted by Crippen LogP contribution is 2.60. The van der Waals surface area contributed by atoms with E-state index in [1.807, 2.05) is 0 Å². The molecule has 4 nitrogen and oxygen atoms in total. The molecule has 2 N–H and O–H groups in total. The van der Waals surface area contributed by atoms with E-state index in [0.29, 0.717) is 24.2 Å². The molecule has 0 spiro atoms. The van der Waals surface area contributed by atoms with Crippen LogP contribution in [0.1, 0.15) is 85.0 Å². The standard InChI is InChI=1S/C27H40O4/c1-17-7-10-21(28)15-20(17)9-8-19-6-5-13-26(3)23(11-12-24(19)26)18(2)14-22-16-27(4,30)25(29)31-22/h8-9,18,21-24,28,30H,1,5-7,10-16H2,2-4H3/b19-8+,20-9+/t18-,21+,22-,23-,24+,26-,27-/m1/s1. The molecule has 0 aromatic carbocycles. The van der Waals surface area contributed by atoms with Gasteiger partial charge in [0.05, 0.1) is 6.10 Å². The number of carbonyl (C=O) groups excluding carboxylic acids is 1. The average molecular weight is 429 g/mol. The maximum atomic E-state index is 11.9. The van der Waals surface area contributed by atoms with Crippen molar-refractivity contribution in [1.29, 1.82) is 0 Å². The molecule has 172 valence electrons. The fraction of sp³-hybridized carbons (Fsp3) is 0.741. The van der Waals surface area contributed by atoms with Crippen LogP contribution in [0.2, 0.25) is 0 Å². The Morgan fingerprint density at radius 1 is 1.23 bits per heavy atom. The minimum atomic E-state index is -1.32. The number of hydrogen-bond acceptors (Lipinski definition) is 4. The van der Waals surface area contributed by atoms with Gasteiger partial charge in [0.2, 0.25) is 0 Å². The molecule has 0 aromatic heterocycles. The summed E-state index contributed by atoms with van der Waals surface area (Å²) in [5.74, 6) is 1.23. The summed E-state index contributed by atoms with van der Waals surface area (Å²) < 4.78 is 5.48. The number of carbonyl (C=O) groups is 1. The quantitative estimate of drug-likeness (QED) is 0.600. The Hall–Kier alpha value is -1.39. The predicted octanol–water partition coefficient (Wildman–Crippen LogP) is 5.25. The van der Waals surface area contributed by atoms with Gasteiger partial charge in [0.1, 0.15) is 6.10 Å². The van der Waals surface area contributed by atoms with Gasteiger partial charge in [0.25, 0.3) is 0 Å². The maximum Gasteiger partial charge on any atom is 0.338 e. The summed E-state index contributed by atoms with van der Waals surface area (Å²) in [7, 11) is 0. The van der Waals surface area contributed by atoms with Crippen LogP contribution >= 0.6 is 0 Å². The zero-order chi connectivity index (χ0) is 22.4. The van der Waals surface area contributed by atoms with E-state index in [2.05, 4.69) is 32.6 Å². The maximum absolute atomic E-state index is 11.9. The molecule has 0 radical (unpaired) electrons. The van der Waals surface area contributed by atoms with E-state index in [4.69, 9.17) is 4.74 Å². The van der Waals surface area contributed by atoms with Gasteiger partial charge in [-0.1, -0.05) is 43.7 Å². The van der Waals surface area contributed by atoms with Crippen molar-refractivity contribution in [3.8, 4) is 0 Å². The molecular formula is C27H40O4. The second-order valence-corrected chi connectivity index (χ2v) is 11.2. The van der Waals surface area contributed by atoms with Gasteiger partial charge in [-0.15, -0.1) is 0 Å². The molecule has 3 aliphatic carbocycles. The van der Waals surface area contributed by atoms with Crippen molar-refractivity contribution in [2.24, 2.45) is 23.2 Å². The fourth-order valence-electron chi connectivity index (χ4n) is 7.17. The van der Waals surface area contributed by atoms with Crippen LogP contribution in [0, 0.1) is 23.2 Å². The number of fused-ring (bicyclic) bond motifs is 1. The summed E-state index contributed by atoms with van der Waals surface area (Å²) in [6.45, 7) is 10.6. The van der Waals surface area contributed by atoms with Crippen molar-refractivity contribution in [2.45, 2.75) is 103 Å². The highest BCUT2D eigenvalue weighted by molar-refractivity contribution is 5.80. The van der Waals surface area contributed by atoms with Gasteiger partial charge in [-0.25, -0.2) is 4.79 Å². The highest BCUT2D eigenvalue weighted by Gasteiger charge is 2.52. The lowest BCUT2D eigenvalue weighted by Gasteiger charge is -2.44. The van der Waals surface area contributed by atoms with E-state index in [-0.39, 0.29) is 17.6 Å². The van der Waals surface area contributed by atoms with Crippen molar-refractivity contribution in [3.05, 3.63) is 35.5 Å². The van der Waals surface area contributed by atoms with Crippen LogP contribution in [0.25, 0.3) is 0 Å². The second kappa shape index (κ2) is 8.51. The molecule has 0 amide bonds. The third-order valence-corrected chi connectivity index (χ3v) is 8.89. The highest BCUT2D eigenvalue weighted by atomic mass is 16.6. The van der Waals surface area contributed by atoms with Gasteiger partial charge in [-0.2, -0.15) is 0 Å². The van der Waals surface area contributed by atoms with Gasteiger partial charge < -0.3 is 14.9 Å². The number of rotatable bonds is 4. The minimum Gasteiger partial charge on any atom is -0.460 e. The Labute approximate surface area is 187 Å². The molecule has 0 aromatic rings. The molecule has 4 fully saturated rings. The SMILES string of the molecule is C=C1CC[C@H](O)C/C1=C\C=C1/CCC[C@]2(C)[C@@H]([C@H](C)C[C@@H]3C[C@@](C)(O)C(=O)O3)CC[C@@H]12. The van der Waals surface area contributed by atoms with Crippen molar-refractivity contribution < 1.29 is 19.7 Å². The zero-order valence-electron chi connectivity index (χ0n) is 19.5. The van der Waals surface area contributed by atoms with E-state index in [9.17, 15) is 15.0 Å². The monoisotopic (exact) mass is 428 g/mol. The minimum absolute atomic E-state index is 0.160. The largest absolute Gasteiger partial charge is 0.460 e. The summed E-state index contributed by atoms with van der Waals surface area (Å²) in [4.78, 5) is 11.9. The van der Waals surface area contributed by atoms with Crippen molar-refractivity contribution in [1.82, 2.24) is 0 Å². The molecule has 31 heavy (non-hydrogen) atoms. The first-order valence-corrected chi connectivity index (χ1v) is 12.3. The summed E-state index contributed by atoms with van der Waals surface area (Å²) in [6.07, 6.45) is 14.0. The van der Waals surface area contributed by atoms with Crippen LogP contribution in [0.4, 0.5) is 0 Å². The van der Waals surface area contributed by atoms with E-state index < -0.39 is 11.6 Å². The van der Waals surface area contributed by atoms with Crippen molar-refractivity contribution in [3.63, 3.8) is 0 Å². The topological polar surface area (TPSA) is 66.8 Å². The number of esters is 1. The number of ether oxygens (including phenoxy) is 1. The molecule has 4 rings (SSSR count). The lowest BCUT2D eigenvalue weighted by atomic mass is 9.60. The Bertz CT molecular complexity index is 791. The van der Waals surface area contributed by atoms with Crippen LogP contribution in [-0.2, 0) is 9.53 Å². The first kappa shape index (κ1) is 22.8. The first-order valence-electron chi connectivity index (χ1n) is 12.3. The van der Waals surface area contributed by atoms with Crippen LogP contribution in [0.5, 0.6) is 0 Å². The van der Waals surface area contributed by atoms with E-state index in [1.165, 1.54) is 43.3 Å². The van der Waals surface area contributed by atoms with Crippen molar-refractivity contribution >= 4 is 5.97 Å². The van der Waals surface area contributed by atoms with Crippen LogP contribution in [0.15, 0.2) is 35.5 Å². The van der Waals surface area contributed by atoms with E-state index in [1.54, 1.807) is 12.5 Å². The molecular weight excluding hydrogens is 388 g/mol. The van der Waals surface area contributed by atoms with Crippen LogP contribution < -0.4 is 0 Å². The fourth-order valence-corrected chi connectivity index (χ4v) is 7.17. The summed E-state index contributed by atoms with van der Waals surface area (Å²) >= 11 is 0. The number of allylic oxidation sites excluding steroid dienone is 4. The molecule has 1 heterocycles. The zero-order valence-corrected chi connectivity index (χ0v) is 19.5. The lowest BCUT2D eigenvalue weighted by molar-refractivity contribution is -0.154. The Kier molecular flexibility index (Phi) is 6.26. The normalized spacial score (nSPS) is 44.5. The molecule has 7 atom stereocenters. The summed E-state index contributed by atoms with van der Waals surface area (Å²) in [5, 5.41) is 20.2. The molecule has 0 bridgehead atoms. The predicted molar refractivity (Wildman–Crippen MR) is 122 cm³/mol. The number of aliphatic hydroxyl groups is 2. The molecule has 1 aliphatic heterocycles. The van der Waals surface area contributed by atoms with E-state index in [0.717, 1.165) is 25.7 Å². The third-order valence-electron chi connectivity index (χ3n) is 8.89. The van der Waals surface area contributed by atoms with Gasteiger partial charge >= 0.3 is 5.97 Å². The average Bonchev–Trinajstić information content (AvgIpc) is 3.17. The number of hydrogen-bond donors (Lipinski definition) is 2. The van der Waals surface area contributed by atoms with Gasteiger partial charge in [-0.3, -0.25) is 0 Å². The Morgan fingerprint density at radius 3 is 2.71 bits per heavy atom. The Balaban J connectivity index is 1.46. The number of cyclic esters (lactones) is 1. The summed E-state index contributed by atoms with van der Waals surface area (Å²) in [5.41, 5.74) is 2.93. The van der Waals surface area contributed by atoms with Gasteiger partial charge in [-0.05, 0) is 93.5 Å². The van der Waals surface area contributed by atoms with Crippen LogP contribution in [-0.4, -0.2) is 34.0 Å².